The van der Waals surface area contributed by atoms with Gasteiger partial charge in [0.05, 0.1) is 24.2 Å². The number of rotatable bonds is 14. The number of ether oxygens (including phenoxy) is 3. The number of halogens is 1. The highest BCUT2D eigenvalue weighted by atomic mass is 35.5. The number of likely N-dealkylation sites (tertiary alicyclic amines) is 1. The Morgan fingerprint density at radius 1 is 1.13 bits per heavy atom. The maximum absolute atomic E-state index is 13.6. The van der Waals surface area contributed by atoms with Gasteiger partial charge in [0.15, 0.2) is 5.15 Å². The Morgan fingerprint density at radius 2 is 1.85 bits per heavy atom. The molecule has 1 aromatic heterocycles. The van der Waals surface area contributed by atoms with E-state index in [0.717, 1.165) is 19.3 Å². The zero-order valence-corrected chi connectivity index (χ0v) is 28.6. The topological polar surface area (TPSA) is 149 Å². The van der Waals surface area contributed by atoms with Crippen molar-refractivity contribution in [3.63, 3.8) is 0 Å². The average molecular weight is 672 g/mol. The Labute approximate surface area is 280 Å². The van der Waals surface area contributed by atoms with Crippen molar-refractivity contribution in [1.82, 2.24) is 25.5 Å². The van der Waals surface area contributed by atoms with Crippen LogP contribution in [0.4, 0.5) is 4.79 Å². The Kier molecular flexibility index (Phi) is 12.1. The molecule has 2 N–H and O–H groups in total. The monoisotopic (exact) mass is 671 g/mol. The number of alkyl carbamates (subject to hydrolysis) is 1. The Hall–Kier alpha value is -3.93. The second-order valence-corrected chi connectivity index (χ2v) is 13.4. The number of esters is 1. The van der Waals surface area contributed by atoms with Crippen molar-refractivity contribution in [3.8, 4) is 5.88 Å². The molecule has 12 nitrogen and oxygen atoms in total. The van der Waals surface area contributed by atoms with Gasteiger partial charge >= 0.3 is 12.1 Å². The molecule has 3 amide bonds. The van der Waals surface area contributed by atoms with Gasteiger partial charge in [-0.3, -0.25) is 9.59 Å². The molecule has 2 fully saturated rings. The molecule has 256 valence electrons. The summed E-state index contributed by atoms with van der Waals surface area (Å²) in [5, 5.41) is 5.71. The highest BCUT2D eigenvalue weighted by Crippen LogP contribution is 2.45. The summed E-state index contributed by atoms with van der Waals surface area (Å²) in [6.07, 6.45) is 7.75. The standard InChI is InChI=1S/C34H46ClN5O7/c1-6-45-31(43)34(39-22(2)41)20-23(34)14-10-8-7-9-11-17-27(38-32(44)47-33(3,4)5)30(42)40-19-18-24(21-40)46-29-28(35)36-25-15-12-13-16-26(25)37-29/h10,12-16,23-24,27H,6-9,11,17-21H2,1-5H3,(H,38,44)(H,39,41)/b14-10-/t23-,24-,27+,34-/m1/s1. The van der Waals surface area contributed by atoms with Crippen LogP contribution in [0.1, 0.15) is 79.6 Å². The summed E-state index contributed by atoms with van der Waals surface area (Å²) in [4.78, 5) is 60.9. The van der Waals surface area contributed by atoms with Gasteiger partial charge in [-0.15, -0.1) is 0 Å². The molecule has 1 saturated carbocycles. The molecule has 2 aliphatic rings. The molecule has 0 radical (unpaired) electrons. The summed E-state index contributed by atoms with van der Waals surface area (Å²) in [6.45, 7) is 9.50. The molecule has 1 aliphatic carbocycles. The number of aromatic nitrogens is 2. The first kappa shape index (κ1) is 35.9. The van der Waals surface area contributed by atoms with Crippen molar-refractivity contribution in [3.05, 3.63) is 41.6 Å². The van der Waals surface area contributed by atoms with Crippen molar-refractivity contribution < 1.29 is 33.4 Å². The quantitative estimate of drug-likeness (QED) is 0.159. The zero-order valence-electron chi connectivity index (χ0n) is 27.8. The molecule has 2 heterocycles. The summed E-state index contributed by atoms with van der Waals surface area (Å²) in [7, 11) is 0. The molecular weight excluding hydrogens is 626 g/mol. The van der Waals surface area contributed by atoms with Crippen LogP contribution in [0.25, 0.3) is 11.0 Å². The maximum atomic E-state index is 13.6. The molecule has 13 heteroatoms. The molecule has 1 aliphatic heterocycles. The predicted molar refractivity (Wildman–Crippen MR) is 177 cm³/mol. The number of carbonyl (C=O) groups excluding carboxylic acids is 4. The summed E-state index contributed by atoms with van der Waals surface area (Å²) < 4.78 is 16.7. The number of hydrogen-bond donors (Lipinski definition) is 2. The number of para-hydroxylation sites is 2. The number of hydrogen-bond acceptors (Lipinski definition) is 9. The predicted octanol–water partition coefficient (Wildman–Crippen LogP) is 5.12. The number of benzene rings is 1. The molecule has 0 bridgehead atoms. The molecule has 4 rings (SSSR count). The number of carbonyl (C=O) groups is 4. The van der Waals surface area contributed by atoms with E-state index in [1.165, 1.54) is 6.92 Å². The lowest BCUT2D eigenvalue weighted by atomic mass is 10.1. The molecule has 1 saturated heterocycles. The van der Waals surface area contributed by atoms with E-state index in [4.69, 9.17) is 25.8 Å². The molecule has 4 atom stereocenters. The van der Waals surface area contributed by atoms with E-state index in [9.17, 15) is 19.2 Å². The average Bonchev–Trinajstić information content (AvgIpc) is 3.47. The number of nitrogens with zero attached hydrogens (tertiary/aromatic N) is 3. The fourth-order valence-electron chi connectivity index (χ4n) is 5.72. The molecule has 2 aromatic rings. The first-order chi connectivity index (χ1) is 22.3. The molecule has 1 aromatic carbocycles. The van der Waals surface area contributed by atoms with Crippen molar-refractivity contribution in [2.75, 3.05) is 19.7 Å². The minimum absolute atomic E-state index is 0.0944. The van der Waals surface area contributed by atoms with Gasteiger partial charge in [0.25, 0.3) is 5.88 Å². The van der Waals surface area contributed by atoms with Crippen LogP contribution in [0.3, 0.4) is 0 Å². The number of amides is 3. The summed E-state index contributed by atoms with van der Waals surface area (Å²) in [6, 6.07) is 6.62. The van der Waals surface area contributed by atoms with Gasteiger partial charge in [-0.2, -0.15) is 0 Å². The van der Waals surface area contributed by atoms with E-state index in [-0.39, 0.29) is 41.5 Å². The lowest BCUT2D eigenvalue weighted by molar-refractivity contribution is -0.149. The van der Waals surface area contributed by atoms with Gasteiger partial charge in [-0.1, -0.05) is 48.7 Å². The molecule has 0 spiro atoms. The first-order valence-electron chi connectivity index (χ1n) is 16.3. The van der Waals surface area contributed by atoms with Crippen molar-refractivity contribution in [2.45, 2.75) is 103 Å². The van der Waals surface area contributed by atoms with Gasteiger partial charge in [0.1, 0.15) is 23.3 Å². The second-order valence-electron chi connectivity index (χ2n) is 13.1. The number of allylic oxidation sites excluding steroid dienone is 1. The van der Waals surface area contributed by atoms with Crippen LogP contribution >= 0.6 is 11.6 Å². The van der Waals surface area contributed by atoms with Crippen molar-refractivity contribution in [1.29, 1.82) is 0 Å². The number of nitrogens with one attached hydrogen (secondary N) is 2. The van der Waals surface area contributed by atoms with E-state index >= 15 is 0 Å². The third-order valence-corrected chi connectivity index (χ3v) is 8.25. The van der Waals surface area contributed by atoms with E-state index in [1.54, 1.807) is 32.6 Å². The minimum Gasteiger partial charge on any atom is -0.470 e. The Bertz CT molecular complexity index is 1480. The SMILES string of the molecule is CCOC(=O)[C@@]1(NC(C)=O)C[C@H]1/C=C\CCCCC[C@H](NC(=O)OC(C)(C)C)C(=O)N1CC[C@@H](Oc2nc3ccccc3nc2Cl)C1. The first-order valence-corrected chi connectivity index (χ1v) is 16.7. The van der Waals surface area contributed by atoms with Crippen LogP contribution < -0.4 is 15.4 Å². The van der Waals surface area contributed by atoms with Crippen molar-refractivity contribution >= 4 is 46.5 Å². The van der Waals surface area contributed by atoms with Crippen LogP contribution in [0.5, 0.6) is 5.88 Å². The van der Waals surface area contributed by atoms with Crippen LogP contribution in [0.15, 0.2) is 36.4 Å². The van der Waals surface area contributed by atoms with Gasteiger partial charge in [0.2, 0.25) is 11.8 Å². The number of fused-ring (bicyclic) bond motifs is 1. The van der Waals surface area contributed by atoms with Crippen LogP contribution in [-0.2, 0) is 23.9 Å². The molecule has 0 unspecified atom stereocenters. The van der Waals surface area contributed by atoms with Gasteiger partial charge in [0, 0.05) is 25.8 Å². The maximum Gasteiger partial charge on any atom is 0.408 e. The third kappa shape index (κ3) is 10.0. The van der Waals surface area contributed by atoms with Gasteiger partial charge in [-0.25, -0.2) is 19.6 Å². The Morgan fingerprint density at radius 3 is 2.53 bits per heavy atom. The second kappa shape index (κ2) is 15.8. The summed E-state index contributed by atoms with van der Waals surface area (Å²) in [5.74, 6) is -0.730. The molecule has 47 heavy (non-hydrogen) atoms. The largest absolute Gasteiger partial charge is 0.470 e. The Balaban J connectivity index is 1.28. The molecular formula is C34H46ClN5O7. The van der Waals surface area contributed by atoms with E-state index in [1.807, 2.05) is 36.4 Å². The highest BCUT2D eigenvalue weighted by Gasteiger charge is 2.60. The lowest BCUT2D eigenvalue weighted by Gasteiger charge is -2.26. The highest BCUT2D eigenvalue weighted by molar-refractivity contribution is 6.31. The van der Waals surface area contributed by atoms with Crippen LogP contribution in [-0.4, -0.2) is 81.7 Å². The van der Waals surface area contributed by atoms with E-state index in [2.05, 4.69) is 20.6 Å². The number of unbranched alkanes of at least 4 members (excludes halogenated alkanes) is 3. The summed E-state index contributed by atoms with van der Waals surface area (Å²) in [5.41, 5.74) is -0.338. The van der Waals surface area contributed by atoms with Gasteiger partial charge in [-0.05, 0) is 65.5 Å². The fraction of sp³-hybridized carbons (Fsp3) is 0.588. The van der Waals surface area contributed by atoms with E-state index < -0.39 is 29.2 Å². The van der Waals surface area contributed by atoms with Crippen molar-refractivity contribution in [2.24, 2.45) is 5.92 Å². The minimum atomic E-state index is -0.964. The van der Waals surface area contributed by atoms with E-state index in [0.29, 0.717) is 49.8 Å². The zero-order chi connectivity index (χ0) is 34.2. The van der Waals surface area contributed by atoms with Crippen LogP contribution in [0, 0.1) is 5.92 Å². The van der Waals surface area contributed by atoms with Crippen LogP contribution in [0.2, 0.25) is 5.15 Å². The smallest absolute Gasteiger partial charge is 0.408 e. The van der Waals surface area contributed by atoms with Gasteiger partial charge < -0.3 is 29.7 Å². The summed E-state index contributed by atoms with van der Waals surface area (Å²) >= 11 is 6.34. The normalized spacial score (nSPS) is 21.4. The fourth-order valence-corrected chi connectivity index (χ4v) is 5.90. The lowest BCUT2D eigenvalue weighted by Crippen LogP contribution is -2.49. The third-order valence-electron chi connectivity index (χ3n) is 8.01.